The van der Waals surface area contributed by atoms with Crippen LogP contribution in [0.25, 0.3) is 0 Å². The van der Waals surface area contributed by atoms with Crippen molar-refractivity contribution < 1.29 is 0 Å². The molecule has 0 bridgehead atoms. The van der Waals surface area contributed by atoms with Crippen LogP contribution in [0.4, 0.5) is 0 Å². The molecule has 0 aromatic heterocycles. The molecule has 2 rings (SSSR count). The lowest BCUT2D eigenvalue weighted by Crippen LogP contribution is -2.10. The van der Waals surface area contributed by atoms with Crippen LogP contribution in [-0.2, 0) is 6.42 Å². The highest BCUT2D eigenvalue weighted by Crippen LogP contribution is 2.36. The summed E-state index contributed by atoms with van der Waals surface area (Å²) in [5, 5.41) is 0. The number of fused-ring (bicyclic) bond motifs is 1. The number of hydrogen-bond donors (Lipinski definition) is 0. The van der Waals surface area contributed by atoms with E-state index in [0.29, 0.717) is 5.92 Å². The van der Waals surface area contributed by atoms with E-state index in [1.807, 2.05) is 0 Å². The van der Waals surface area contributed by atoms with Crippen molar-refractivity contribution in [2.24, 2.45) is 0 Å². The minimum atomic E-state index is 0.685. The first-order valence-electron chi connectivity index (χ1n) is 5.53. The summed E-state index contributed by atoms with van der Waals surface area (Å²) in [6.07, 6.45) is 6.19. The number of allylic oxidation sites excluding steroid dienone is 2. The SMILES string of the molecule is C/C=C(/C)C1CCCc2ccccc21. The highest BCUT2D eigenvalue weighted by molar-refractivity contribution is 5.37. The van der Waals surface area contributed by atoms with Crippen LogP contribution < -0.4 is 0 Å². The van der Waals surface area contributed by atoms with E-state index in [-0.39, 0.29) is 0 Å². The average Bonchev–Trinajstić information content (AvgIpc) is 2.27. The van der Waals surface area contributed by atoms with E-state index in [2.05, 4.69) is 44.2 Å². The van der Waals surface area contributed by atoms with Crippen molar-refractivity contribution in [2.45, 2.75) is 39.0 Å². The summed E-state index contributed by atoms with van der Waals surface area (Å²) in [4.78, 5) is 0. The maximum absolute atomic E-state index is 2.30. The molecule has 0 heterocycles. The fourth-order valence-corrected chi connectivity index (χ4v) is 2.43. The Bertz CT molecular complexity index is 347. The van der Waals surface area contributed by atoms with Gasteiger partial charge < -0.3 is 0 Å². The Labute approximate surface area is 86.7 Å². The summed E-state index contributed by atoms with van der Waals surface area (Å²) in [6.45, 7) is 4.40. The van der Waals surface area contributed by atoms with Gasteiger partial charge in [-0.05, 0) is 44.2 Å². The van der Waals surface area contributed by atoms with Gasteiger partial charge in [-0.15, -0.1) is 0 Å². The van der Waals surface area contributed by atoms with E-state index in [0.717, 1.165) is 0 Å². The van der Waals surface area contributed by atoms with Gasteiger partial charge in [-0.1, -0.05) is 35.9 Å². The van der Waals surface area contributed by atoms with Gasteiger partial charge in [0.2, 0.25) is 0 Å². The Morgan fingerprint density at radius 2 is 2.14 bits per heavy atom. The first kappa shape index (κ1) is 9.51. The third-order valence-corrected chi connectivity index (χ3v) is 3.37. The lowest BCUT2D eigenvalue weighted by Gasteiger charge is -2.26. The molecule has 0 N–H and O–H groups in total. The number of benzene rings is 1. The second kappa shape index (κ2) is 4.00. The van der Waals surface area contributed by atoms with Gasteiger partial charge in [0.1, 0.15) is 0 Å². The fraction of sp³-hybridized carbons (Fsp3) is 0.429. The van der Waals surface area contributed by atoms with Crippen LogP contribution in [0, 0.1) is 0 Å². The third kappa shape index (κ3) is 1.61. The minimum Gasteiger partial charge on any atom is -0.0881 e. The second-order valence-corrected chi connectivity index (χ2v) is 4.18. The Hall–Kier alpha value is -1.04. The largest absolute Gasteiger partial charge is 0.0881 e. The molecular formula is C14H18. The van der Waals surface area contributed by atoms with Gasteiger partial charge in [0.05, 0.1) is 0 Å². The summed E-state index contributed by atoms with van der Waals surface area (Å²) < 4.78 is 0. The topological polar surface area (TPSA) is 0 Å². The summed E-state index contributed by atoms with van der Waals surface area (Å²) in [7, 11) is 0. The molecule has 0 radical (unpaired) electrons. The summed E-state index contributed by atoms with van der Waals surface area (Å²) in [5.41, 5.74) is 4.65. The highest BCUT2D eigenvalue weighted by Gasteiger charge is 2.20. The molecule has 1 unspecified atom stereocenters. The van der Waals surface area contributed by atoms with E-state index < -0.39 is 0 Å². The average molecular weight is 186 g/mol. The van der Waals surface area contributed by atoms with Gasteiger partial charge in [0.25, 0.3) is 0 Å². The van der Waals surface area contributed by atoms with Gasteiger partial charge in [0.15, 0.2) is 0 Å². The lowest BCUT2D eigenvalue weighted by atomic mass is 9.79. The molecule has 1 aromatic rings. The zero-order valence-corrected chi connectivity index (χ0v) is 9.09. The summed E-state index contributed by atoms with van der Waals surface area (Å²) in [5.74, 6) is 0.685. The first-order chi connectivity index (χ1) is 6.83. The van der Waals surface area contributed by atoms with Crippen LogP contribution >= 0.6 is 0 Å². The zero-order valence-electron chi connectivity index (χ0n) is 9.09. The molecule has 0 fully saturated rings. The van der Waals surface area contributed by atoms with Crippen LogP contribution in [0.2, 0.25) is 0 Å². The van der Waals surface area contributed by atoms with Gasteiger partial charge in [-0.25, -0.2) is 0 Å². The van der Waals surface area contributed by atoms with Gasteiger partial charge in [0, 0.05) is 5.92 Å². The maximum Gasteiger partial charge on any atom is 0.00481 e. The van der Waals surface area contributed by atoms with Crippen molar-refractivity contribution in [3.05, 3.63) is 47.0 Å². The van der Waals surface area contributed by atoms with Crippen LogP contribution in [-0.4, -0.2) is 0 Å². The van der Waals surface area contributed by atoms with Crippen molar-refractivity contribution >= 4 is 0 Å². The van der Waals surface area contributed by atoms with E-state index >= 15 is 0 Å². The monoisotopic (exact) mass is 186 g/mol. The minimum absolute atomic E-state index is 0.685. The molecule has 1 aromatic carbocycles. The van der Waals surface area contributed by atoms with Crippen molar-refractivity contribution in [2.75, 3.05) is 0 Å². The molecule has 0 spiro atoms. The van der Waals surface area contributed by atoms with E-state index in [1.165, 1.54) is 24.8 Å². The Balaban J connectivity index is 2.40. The zero-order chi connectivity index (χ0) is 9.97. The normalized spacial score (nSPS) is 21.9. The molecule has 0 aliphatic heterocycles. The van der Waals surface area contributed by atoms with Gasteiger partial charge in [-0.2, -0.15) is 0 Å². The second-order valence-electron chi connectivity index (χ2n) is 4.18. The molecule has 1 aliphatic carbocycles. The van der Waals surface area contributed by atoms with Crippen molar-refractivity contribution in [1.82, 2.24) is 0 Å². The molecule has 14 heavy (non-hydrogen) atoms. The Morgan fingerprint density at radius 1 is 1.36 bits per heavy atom. The smallest absolute Gasteiger partial charge is 0.00481 e. The van der Waals surface area contributed by atoms with E-state index in [1.54, 1.807) is 11.1 Å². The molecular weight excluding hydrogens is 168 g/mol. The van der Waals surface area contributed by atoms with E-state index in [9.17, 15) is 0 Å². The van der Waals surface area contributed by atoms with Crippen LogP contribution in [0.3, 0.4) is 0 Å². The Morgan fingerprint density at radius 3 is 2.93 bits per heavy atom. The predicted molar refractivity (Wildman–Crippen MR) is 61.6 cm³/mol. The third-order valence-electron chi connectivity index (χ3n) is 3.37. The fourth-order valence-electron chi connectivity index (χ4n) is 2.43. The number of hydrogen-bond acceptors (Lipinski definition) is 0. The Kier molecular flexibility index (Phi) is 2.72. The van der Waals surface area contributed by atoms with Gasteiger partial charge in [-0.3, -0.25) is 0 Å². The summed E-state index contributed by atoms with van der Waals surface area (Å²) in [6, 6.07) is 8.91. The molecule has 0 saturated heterocycles. The summed E-state index contributed by atoms with van der Waals surface area (Å²) >= 11 is 0. The molecule has 1 atom stereocenters. The predicted octanol–water partition coefficient (Wildman–Crippen LogP) is 4.07. The quantitative estimate of drug-likeness (QED) is 0.580. The van der Waals surface area contributed by atoms with Crippen LogP contribution in [0.15, 0.2) is 35.9 Å². The lowest BCUT2D eigenvalue weighted by molar-refractivity contribution is 0.607. The number of rotatable bonds is 1. The molecule has 0 saturated carbocycles. The number of aryl methyl sites for hydroxylation is 1. The van der Waals surface area contributed by atoms with Crippen LogP contribution in [0.1, 0.15) is 43.7 Å². The first-order valence-corrected chi connectivity index (χ1v) is 5.53. The van der Waals surface area contributed by atoms with Crippen LogP contribution in [0.5, 0.6) is 0 Å². The highest BCUT2D eigenvalue weighted by atomic mass is 14.2. The molecule has 1 aliphatic rings. The molecule has 74 valence electrons. The molecule has 0 heteroatoms. The molecule has 0 nitrogen and oxygen atoms in total. The standard InChI is InChI=1S/C14H18/c1-3-11(2)13-10-6-8-12-7-4-5-9-14(12)13/h3-5,7,9,13H,6,8,10H2,1-2H3/b11-3-. The molecule has 0 amide bonds. The van der Waals surface area contributed by atoms with Crippen molar-refractivity contribution in [3.63, 3.8) is 0 Å². The van der Waals surface area contributed by atoms with Crippen molar-refractivity contribution in [3.8, 4) is 0 Å². The van der Waals surface area contributed by atoms with Crippen molar-refractivity contribution in [1.29, 1.82) is 0 Å². The maximum atomic E-state index is 2.30. The van der Waals surface area contributed by atoms with Gasteiger partial charge >= 0.3 is 0 Å². The van der Waals surface area contributed by atoms with E-state index in [4.69, 9.17) is 0 Å².